The van der Waals surface area contributed by atoms with Gasteiger partial charge in [0, 0.05) is 13.6 Å². The van der Waals surface area contributed by atoms with Gasteiger partial charge in [-0.1, -0.05) is 0 Å². The number of ether oxygens (including phenoxy) is 1. The Morgan fingerprint density at radius 2 is 2.24 bits per heavy atom. The van der Waals surface area contributed by atoms with Crippen LogP contribution in [0.4, 0.5) is 5.82 Å². The average molecular weight is 240 g/mol. The van der Waals surface area contributed by atoms with Gasteiger partial charge in [0.15, 0.2) is 0 Å². The Morgan fingerprint density at radius 3 is 2.82 bits per heavy atom. The van der Waals surface area contributed by atoms with Crippen molar-refractivity contribution in [2.45, 2.75) is 0 Å². The summed E-state index contributed by atoms with van der Waals surface area (Å²) < 4.78 is 5.06. The SMILES string of the molecule is CN(CCOCCO)C(=O)c1cnc(N)cn1. The fraction of sp³-hybridized carbons (Fsp3) is 0.500. The zero-order valence-electron chi connectivity index (χ0n) is 9.67. The van der Waals surface area contributed by atoms with Crippen LogP contribution in [0.2, 0.25) is 0 Å². The van der Waals surface area contributed by atoms with Gasteiger partial charge in [-0.05, 0) is 0 Å². The Labute approximate surface area is 99.2 Å². The fourth-order valence-electron chi connectivity index (χ4n) is 1.11. The second-order valence-electron chi connectivity index (χ2n) is 3.39. The molecule has 7 heteroatoms. The normalized spacial score (nSPS) is 10.2. The minimum atomic E-state index is -0.245. The number of nitrogens with zero attached hydrogens (tertiary/aromatic N) is 3. The van der Waals surface area contributed by atoms with Gasteiger partial charge in [0.1, 0.15) is 11.5 Å². The molecule has 3 N–H and O–H groups in total. The molecule has 7 nitrogen and oxygen atoms in total. The topological polar surface area (TPSA) is 102 Å². The van der Waals surface area contributed by atoms with E-state index in [9.17, 15) is 4.79 Å². The lowest BCUT2D eigenvalue weighted by Crippen LogP contribution is -2.31. The number of aliphatic hydroxyl groups is 1. The molecule has 0 atom stereocenters. The Morgan fingerprint density at radius 1 is 1.47 bits per heavy atom. The molecule has 0 fully saturated rings. The van der Waals surface area contributed by atoms with Gasteiger partial charge in [-0.25, -0.2) is 9.97 Å². The number of rotatable bonds is 6. The number of aliphatic hydroxyl groups excluding tert-OH is 1. The molecule has 0 aromatic carbocycles. The summed E-state index contributed by atoms with van der Waals surface area (Å²) in [5, 5.41) is 8.51. The molecule has 0 unspecified atom stereocenters. The van der Waals surface area contributed by atoms with Crippen molar-refractivity contribution in [2.75, 3.05) is 39.1 Å². The number of hydrogen-bond acceptors (Lipinski definition) is 6. The van der Waals surface area contributed by atoms with E-state index in [1.54, 1.807) is 7.05 Å². The van der Waals surface area contributed by atoms with E-state index in [1.165, 1.54) is 17.3 Å². The van der Waals surface area contributed by atoms with Crippen molar-refractivity contribution >= 4 is 11.7 Å². The third kappa shape index (κ3) is 4.33. The fourth-order valence-corrected chi connectivity index (χ4v) is 1.11. The van der Waals surface area contributed by atoms with Crippen molar-refractivity contribution in [1.29, 1.82) is 0 Å². The van der Waals surface area contributed by atoms with Gasteiger partial charge >= 0.3 is 0 Å². The summed E-state index contributed by atoms with van der Waals surface area (Å²) >= 11 is 0. The molecule has 17 heavy (non-hydrogen) atoms. The van der Waals surface area contributed by atoms with Crippen LogP contribution >= 0.6 is 0 Å². The average Bonchev–Trinajstić information content (AvgIpc) is 2.34. The van der Waals surface area contributed by atoms with E-state index < -0.39 is 0 Å². The smallest absolute Gasteiger partial charge is 0.273 e. The highest BCUT2D eigenvalue weighted by Gasteiger charge is 2.12. The van der Waals surface area contributed by atoms with Crippen LogP contribution in [0.3, 0.4) is 0 Å². The Balaban J connectivity index is 2.43. The summed E-state index contributed by atoms with van der Waals surface area (Å²) in [5.41, 5.74) is 5.61. The summed E-state index contributed by atoms with van der Waals surface area (Å²) in [6.45, 7) is 1.03. The Bertz CT molecular complexity index is 355. The van der Waals surface area contributed by atoms with Crippen molar-refractivity contribution in [2.24, 2.45) is 0 Å². The standard InChI is InChI=1S/C10H16N4O3/c1-14(2-4-17-5-3-15)10(16)8-6-13-9(11)7-12-8/h6-7,15H,2-5H2,1H3,(H2,11,13). The molecule has 1 heterocycles. The first kappa shape index (κ1) is 13.3. The number of nitrogens with two attached hydrogens (primary N) is 1. The van der Waals surface area contributed by atoms with E-state index in [2.05, 4.69) is 9.97 Å². The summed E-state index contributed by atoms with van der Waals surface area (Å²) in [6, 6.07) is 0. The van der Waals surface area contributed by atoms with Crippen molar-refractivity contribution in [3.8, 4) is 0 Å². The van der Waals surface area contributed by atoms with Crippen LogP contribution in [0, 0.1) is 0 Å². The number of nitrogen functional groups attached to an aromatic ring is 1. The van der Waals surface area contributed by atoms with Crippen LogP contribution in [-0.2, 0) is 4.74 Å². The van der Waals surface area contributed by atoms with Gasteiger partial charge in [0.2, 0.25) is 0 Å². The van der Waals surface area contributed by atoms with Gasteiger partial charge in [-0.2, -0.15) is 0 Å². The van der Waals surface area contributed by atoms with E-state index in [0.29, 0.717) is 13.2 Å². The van der Waals surface area contributed by atoms with Crippen LogP contribution < -0.4 is 5.73 Å². The predicted octanol–water partition coefficient (Wildman–Crippen LogP) is -0.860. The summed E-state index contributed by atoms with van der Waals surface area (Å²) in [4.78, 5) is 20.9. The highest BCUT2D eigenvalue weighted by molar-refractivity contribution is 5.91. The maximum Gasteiger partial charge on any atom is 0.273 e. The number of carbonyl (C=O) groups is 1. The van der Waals surface area contributed by atoms with E-state index in [0.717, 1.165) is 0 Å². The van der Waals surface area contributed by atoms with Crippen LogP contribution in [0.15, 0.2) is 12.4 Å². The molecule has 0 saturated heterocycles. The summed E-state index contributed by atoms with van der Waals surface area (Å²) in [6.07, 6.45) is 2.67. The number of aromatic nitrogens is 2. The molecule has 94 valence electrons. The molecule has 0 aliphatic carbocycles. The number of amides is 1. The van der Waals surface area contributed by atoms with Gasteiger partial charge in [-0.3, -0.25) is 4.79 Å². The number of anilines is 1. The maximum atomic E-state index is 11.8. The van der Waals surface area contributed by atoms with E-state index >= 15 is 0 Å². The Kier molecular flexibility index (Phi) is 5.31. The molecule has 1 aromatic heterocycles. The third-order valence-corrected chi connectivity index (χ3v) is 2.04. The van der Waals surface area contributed by atoms with Crippen LogP contribution in [0.25, 0.3) is 0 Å². The number of carbonyl (C=O) groups excluding carboxylic acids is 1. The predicted molar refractivity (Wildman–Crippen MR) is 61.3 cm³/mol. The number of hydrogen-bond donors (Lipinski definition) is 2. The lowest BCUT2D eigenvalue weighted by Gasteiger charge is -2.16. The lowest BCUT2D eigenvalue weighted by molar-refractivity contribution is 0.0614. The van der Waals surface area contributed by atoms with Gasteiger partial charge in [-0.15, -0.1) is 0 Å². The molecule has 1 aromatic rings. The van der Waals surface area contributed by atoms with Crippen LogP contribution in [0.5, 0.6) is 0 Å². The highest BCUT2D eigenvalue weighted by Crippen LogP contribution is 2.00. The molecule has 0 aliphatic rings. The van der Waals surface area contributed by atoms with Crippen LogP contribution in [-0.4, -0.2) is 59.3 Å². The molecule has 0 spiro atoms. The monoisotopic (exact) mass is 240 g/mol. The van der Waals surface area contributed by atoms with Crippen LogP contribution in [0.1, 0.15) is 10.5 Å². The van der Waals surface area contributed by atoms with Gasteiger partial charge < -0.3 is 20.5 Å². The zero-order chi connectivity index (χ0) is 12.7. The van der Waals surface area contributed by atoms with Crippen molar-refractivity contribution in [3.63, 3.8) is 0 Å². The molecule has 0 aliphatic heterocycles. The van der Waals surface area contributed by atoms with E-state index in [4.69, 9.17) is 15.6 Å². The zero-order valence-corrected chi connectivity index (χ0v) is 9.67. The van der Waals surface area contributed by atoms with Crippen molar-refractivity contribution < 1.29 is 14.6 Å². The summed E-state index contributed by atoms with van der Waals surface area (Å²) in [7, 11) is 1.64. The quantitative estimate of drug-likeness (QED) is 0.627. The highest BCUT2D eigenvalue weighted by atomic mass is 16.5. The van der Waals surface area contributed by atoms with Crippen molar-refractivity contribution in [3.05, 3.63) is 18.1 Å². The molecular formula is C10H16N4O3. The lowest BCUT2D eigenvalue weighted by atomic mass is 10.4. The second-order valence-corrected chi connectivity index (χ2v) is 3.39. The molecule has 0 saturated carbocycles. The van der Waals surface area contributed by atoms with E-state index in [1.807, 2.05) is 0 Å². The first-order chi connectivity index (χ1) is 8.15. The third-order valence-electron chi connectivity index (χ3n) is 2.04. The molecule has 0 radical (unpaired) electrons. The molecule has 1 amide bonds. The maximum absolute atomic E-state index is 11.8. The molecular weight excluding hydrogens is 224 g/mol. The summed E-state index contributed by atoms with van der Waals surface area (Å²) in [5.74, 6) is 0.0283. The van der Waals surface area contributed by atoms with Crippen molar-refractivity contribution in [1.82, 2.24) is 14.9 Å². The first-order valence-corrected chi connectivity index (χ1v) is 5.16. The van der Waals surface area contributed by atoms with E-state index in [-0.39, 0.29) is 30.6 Å². The Hall–Kier alpha value is -1.73. The first-order valence-electron chi connectivity index (χ1n) is 5.16. The van der Waals surface area contributed by atoms with Gasteiger partial charge in [0.25, 0.3) is 5.91 Å². The largest absolute Gasteiger partial charge is 0.394 e. The number of likely N-dealkylation sites (N-methyl/N-ethyl adjacent to an activating group) is 1. The molecule has 1 rings (SSSR count). The minimum absolute atomic E-state index is 0.0267. The molecule has 0 bridgehead atoms. The van der Waals surface area contributed by atoms with Gasteiger partial charge in [0.05, 0.1) is 32.2 Å². The minimum Gasteiger partial charge on any atom is -0.394 e. The second kappa shape index (κ2) is 6.77.